The van der Waals surface area contributed by atoms with Crippen LogP contribution < -0.4 is 4.74 Å². The fourth-order valence-corrected chi connectivity index (χ4v) is 5.03. The summed E-state index contributed by atoms with van der Waals surface area (Å²) in [4.78, 5) is 25.9. The first-order valence-electron chi connectivity index (χ1n) is 12.9. The molecular formula is C31H30FN3O6. The molecule has 0 saturated carbocycles. The molecule has 5 rings (SSSR count). The van der Waals surface area contributed by atoms with Crippen LogP contribution in [-0.2, 0) is 20.6 Å². The molecule has 0 saturated heterocycles. The summed E-state index contributed by atoms with van der Waals surface area (Å²) in [6.45, 7) is -0.429. The number of rotatable bonds is 9. The number of hydrogen-bond acceptors (Lipinski definition) is 7. The van der Waals surface area contributed by atoms with Gasteiger partial charge in [0.2, 0.25) is 0 Å². The lowest BCUT2D eigenvalue weighted by atomic mass is 9.94. The molecule has 2 aromatic heterocycles. The molecule has 1 atom stereocenters. The topological polar surface area (TPSA) is 115 Å². The summed E-state index contributed by atoms with van der Waals surface area (Å²) >= 11 is 0. The molecule has 0 spiro atoms. The molecule has 2 heterocycles. The lowest BCUT2D eigenvalue weighted by molar-refractivity contribution is 0.0692. The van der Waals surface area contributed by atoms with Crippen molar-refractivity contribution in [2.75, 3.05) is 35.0 Å². The first-order valence-corrected chi connectivity index (χ1v) is 12.9. The first-order chi connectivity index (χ1) is 19.9. The number of aliphatic imine (C=N–C) groups is 1. The number of ether oxygens (including phenoxy) is 4. The molecule has 1 aliphatic carbocycles. The van der Waals surface area contributed by atoms with Gasteiger partial charge in [-0.15, -0.1) is 0 Å². The number of nitrogens with one attached hydrogen (secondary N) is 1. The fourth-order valence-electron chi connectivity index (χ4n) is 5.03. The number of halogens is 1. The summed E-state index contributed by atoms with van der Waals surface area (Å²) in [5.41, 5.74) is 3.88. The number of aromatic amines is 1. The van der Waals surface area contributed by atoms with Gasteiger partial charge in [-0.1, -0.05) is 0 Å². The van der Waals surface area contributed by atoms with Crippen LogP contribution in [0.4, 0.5) is 4.39 Å². The van der Waals surface area contributed by atoms with E-state index in [9.17, 15) is 14.3 Å². The number of aliphatic hydroxyl groups is 1. The van der Waals surface area contributed by atoms with Crippen LogP contribution in [0.5, 0.6) is 5.75 Å². The predicted molar refractivity (Wildman–Crippen MR) is 154 cm³/mol. The van der Waals surface area contributed by atoms with Crippen molar-refractivity contribution in [3.05, 3.63) is 88.9 Å². The number of hydrogen-bond donors (Lipinski definition) is 2. The second-order valence-corrected chi connectivity index (χ2v) is 9.49. The predicted octanol–water partition coefficient (Wildman–Crippen LogP) is 4.99. The molecule has 1 unspecified atom stereocenters. The van der Waals surface area contributed by atoms with Gasteiger partial charge < -0.3 is 29.0 Å². The number of allylic oxidation sites excluding steroid dienone is 1. The largest absolute Gasteiger partial charge is 0.497 e. The van der Waals surface area contributed by atoms with Gasteiger partial charge in [-0.3, -0.25) is 4.79 Å². The standard InChI is InChI=1S/C31H30FN3O6/c1-38-21-6-8-25-23(13-21)24(14-26(35-25)17-10-28(39-2)30(41-4)29(11-17)40-3)31(37)34-20(16-36)9-18-15-33-27-12-19(32)5-7-22(18)27/h5-8,10,12-15,29,33,36H,9,11,16H2,1-4H3. The van der Waals surface area contributed by atoms with Gasteiger partial charge in [0.15, 0.2) is 11.5 Å². The lowest BCUT2D eigenvalue weighted by Gasteiger charge is -2.25. The van der Waals surface area contributed by atoms with Crippen LogP contribution in [0.3, 0.4) is 0 Å². The summed E-state index contributed by atoms with van der Waals surface area (Å²) in [5.74, 6) is 0.734. The van der Waals surface area contributed by atoms with Crippen LogP contribution in [0.25, 0.3) is 27.4 Å². The highest BCUT2D eigenvalue weighted by Gasteiger charge is 2.28. The van der Waals surface area contributed by atoms with Gasteiger partial charge in [0.1, 0.15) is 17.7 Å². The Morgan fingerprint density at radius 2 is 1.90 bits per heavy atom. The van der Waals surface area contributed by atoms with Crippen LogP contribution in [-0.4, -0.2) is 67.8 Å². The van der Waals surface area contributed by atoms with E-state index in [0.717, 1.165) is 16.5 Å². The number of aliphatic hydroxyl groups excluding tert-OH is 1. The number of pyridine rings is 1. The molecule has 1 amide bonds. The molecule has 1 aliphatic rings. The van der Waals surface area contributed by atoms with Crippen LogP contribution in [0.1, 0.15) is 28.0 Å². The van der Waals surface area contributed by atoms with Gasteiger partial charge in [-0.25, -0.2) is 14.4 Å². The monoisotopic (exact) mass is 559 g/mol. The van der Waals surface area contributed by atoms with Crippen molar-refractivity contribution in [1.29, 1.82) is 0 Å². The molecule has 4 aromatic rings. The highest BCUT2D eigenvalue weighted by atomic mass is 19.1. The number of carbonyl (C=O) groups is 1. The van der Waals surface area contributed by atoms with Crippen LogP contribution in [0, 0.1) is 5.82 Å². The molecule has 212 valence electrons. The second-order valence-electron chi connectivity index (χ2n) is 9.49. The van der Waals surface area contributed by atoms with Crippen LogP contribution in [0.15, 0.2) is 71.2 Å². The Bertz CT molecular complexity index is 1720. The average molecular weight is 560 g/mol. The van der Waals surface area contributed by atoms with Gasteiger partial charge >= 0.3 is 0 Å². The van der Waals surface area contributed by atoms with Crippen molar-refractivity contribution >= 4 is 39.0 Å². The van der Waals surface area contributed by atoms with E-state index in [4.69, 9.17) is 23.9 Å². The van der Waals surface area contributed by atoms with E-state index in [1.807, 2.05) is 6.08 Å². The molecular weight excluding hydrogens is 529 g/mol. The number of carbonyl (C=O) groups excluding carboxylic acids is 1. The summed E-state index contributed by atoms with van der Waals surface area (Å²) in [6, 6.07) is 11.4. The van der Waals surface area contributed by atoms with Gasteiger partial charge in [0.05, 0.1) is 50.4 Å². The maximum atomic E-state index is 13.7. The molecule has 0 fully saturated rings. The Hall–Kier alpha value is -4.54. The Morgan fingerprint density at radius 1 is 1.07 bits per heavy atom. The Balaban J connectivity index is 1.58. The molecule has 41 heavy (non-hydrogen) atoms. The zero-order valence-corrected chi connectivity index (χ0v) is 23.2. The zero-order valence-electron chi connectivity index (χ0n) is 23.2. The van der Waals surface area contributed by atoms with Crippen LogP contribution >= 0.6 is 0 Å². The third-order valence-corrected chi connectivity index (χ3v) is 7.11. The normalized spacial score (nSPS) is 15.8. The fraction of sp³-hybridized carbons (Fsp3) is 0.258. The van der Waals surface area contributed by atoms with Crippen LogP contribution in [0.2, 0.25) is 0 Å². The van der Waals surface area contributed by atoms with Crippen molar-refractivity contribution in [2.24, 2.45) is 4.99 Å². The molecule has 0 bridgehead atoms. The second kappa shape index (κ2) is 11.9. The lowest BCUT2D eigenvalue weighted by Crippen LogP contribution is -2.22. The summed E-state index contributed by atoms with van der Waals surface area (Å²) in [5, 5.41) is 11.5. The maximum Gasteiger partial charge on any atom is 0.277 e. The van der Waals surface area contributed by atoms with E-state index in [1.54, 1.807) is 65.0 Å². The van der Waals surface area contributed by atoms with Crippen molar-refractivity contribution in [2.45, 2.75) is 18.9 Å². The zero-order chi connectivity index (χ0) is 29.1. The van der Waals surface area contributed by atoms with Crippen molar-refractivity contribution in [3.63, 3.8) is 0 Å². The molecule has 10 heteroatoms. The Kier molecular flexibility index (Phi) is 8.14. The van der Waals surface area contributed by atoms with Crippen molar-refractivity contribution in [1.82, 2.24) is 9.97 Å². The van der Waals surface area contributed by atoms with Gasteiger partial charge in [-0.2, -0.15) is 0 Å². The highest BCUT2D eigenvalue weighted by molar-refractivity contribution is 6.12. The third kappa shape index (κ3) is 5.57. The first kappa shape index (κ1) is 28.0. The number of amides is 1. The minimum absolute atomic E-state index is 0.204. The summed E-state index contributed by atoms with van der Waals surface area (Å²) in [6.07, 6.45) is 3.80. The van der Waals surface area contributed by atoms with Crippen molar-refractivity contribution < 1.29 is 33.2 Å². The number of methoxy groups -OCH3 is 4. The van der Waals surface area contributed by atoms with E-state index >= 15 is 0 Å². The van der Waals surface area contributed by atoms with Gasteiger partial charge in [0, 0.05) is 42.4 Å². The Morgan fingerprint density at radius 3 is 2.61 bits per heavy atom. The van der Waals surface area contributed by atoms with Gasteiger partial charge in [0.25, 0.3) is 5.91 Å². The van der Waals surface area contributed by atoms with E-state index in [0.29, 0.717) is 51.4 Å². The van der Waals surface area contributed by atoms with E-state index in [-0.39, 0.29) is 17.9 Å². The third-order valence-electron chi connectivity index (χ3n) is 7.11. The summed E-state index contributed by atoms with van der Waals surface area (Å²) in [7, 11) is 6.24. The number of nitrogens with zero attached hydrogens (tertiary/aromatic N) is 2. The number of benzene rings is 2. The SMILES string of the molecule is COC1=C(OC)C(OC)CC(c2cc(C(=O)N=C(CO)Cc3c[nH]c4cc(F)ccc34)c3cc(OC)ccc3n2)=C1. The van der Waals surface area contributed by atoms with Gasteiger partial charge in [-0.05, 0) is 59.7 Å². The minimum Gasteiger partial charge on any atom is -0.497 e. The van der Waals surface area contributed by atoms with E-state index < -0.39 is 18.6 Å². The number of H-pyrrole nitrogens is 1. The Labute approximate surface area is 235 Å². The number of aromatic nitrogens is 2. The smallest absolute Gasteiger partial charge is 0.277 e. The molecule has 2 N–H and O–H groups in total. The van der Waals surface area contributed by atoms with Crippen molar-refractivity contribution in [3.8, 4) is 5.75 Å². The van der Waals surface area contributed by atoms with E-state index in [2.05, 4.69) is 9.98 Å². The quantitative estimate of drug-likeness (QED) is 0.278. The molecule has 9 nitrogen and oxygen atoms in total. The average Bonchev–Trinajstić information content (AvgIpc) is 3.39. The number of fused-ring (bicyclic) bond motifs is 2. The summed E-state index contributed by atoms with van der Waals surface area (Å²) < 4.78 is 35.7. The highest BCUT2D eigenvalue weighted by Crippen LogP contribution is 2.34. The minimum atomic E-state index is -0.540. The molecule has 2 aromatic carbocycles. The van der Waals surface area contributed by atoms with E-state index in [1.165, 1.54) is 12.1 Å². The molecule has 0 radical (unpaired) electrons. The molecule has 0 aliphatic heterocycles. The maximum absolute atomic E-state index is 13.7.